The number of sulfonamides is 1. The second-order valence-corrected chi connectivity index (χ2v) is 11.6. The molecule has 0 amide bonds. The third-order valence-electron chi connectivity index (χ3n) is 5.94. The van der Waals surface area contributed by atoms with E-state index in [0.717, 1.165) is 29.7 Å². The van der Waals surface area contributed by atoms with Gasteiger partial charge in [0.15, 0.2) is 22.1 Å². The first kappa shape index (κ1) is 23.8. The maximum atomic E-state index is 12.3. The Labute approximate surface area is 216 Å². The molecule has 192 valence electrons. The Kier molecular flexibility index (Phi) is 6.22. The number of hydrogen-bond donors (Lipinski definition) is 3. The molecule has 0 radical (unpaired) electrons. The van der Waals surface area contributed by atoms with Gasteiger partial charge in [0.1, 0.15) is 12.6 Å². The highest BCUT2D eigenvalue weighted by atomic mass is 32.2. The lowest BCUT2D eigenvalue weighted by Gasteiger charge is -2.15. The summed E-state index contributed by atoms with van der Waals surface area (Å²) in [5, 5.41) is 8.14. The van der Waals surface area contributed by atoms with Gasteiger partial charge in [-0.2, -0.15) is 5.10 Å². The van der Waals surface area contributed by atoms with Gasteiger partial charge in [-0.25, -0.2) is 28.1 Å². The smallest absolute Gasteiger partial charge is 0.268 e. The van der Waals surface area contributed by atoms with Crippen molar-refractivity contribution >= 4 is 38.8 Å². The van der Waals surface area contributed by atoms with Crippen molar-refractivity contribution < 1.29 is 17.9 Å². The van der Waals surface area contributed by atoms with Crippen LogP contribution in [0.3, 0.4) is 0 Å². The molecule has 2 aliphatic rings. The number of fused-ring (bicyclic) bond motifs is 1. The van der Waals surface area contributed by atoms with Crippen molar-refractivity contribution in [2.24, 2.45) is 0 Å². The molecule has 1 unspecified atom stereocenters. The monoisotopic (exact) mass is 540 g/mol. The lowest BCUT2D eigenvalue weighted by atomic mass is 10.0. The zero-order chi connectivity index (χ0) is 25.4. The van der Waals surface area contributed by atoms with Crippen LogP contribution in [0.5, 0.6) is 0 Å². The number of thioether (sulfide) groups is 1. The number of nitrogens with zero attached hydrogens (tertiary/aromatic N) is 5. The number of imidazole rings is 1. The Bertz CT molecular complexity index is 1560. The number of nitrogens with two attached hydrogens (primary N) is 1. The van der Waals surface area contributed by atoms with Crippen LogP contribution in [0.4, 0.5) is 5.82 Å². The van der Waals surface area contributed by atoms with E-state index in [9.17, 15) is 8.42 Å². The minimum atomic E-state index is -3.34. The average Bonchev–Trinajstić information content (AvgIpc) is 3.27. The largest absolute Gasteiger partial charge is 0.454 e. The summed E-state index contributed by atoms with van der Waals surface area (Å²) in [6, 6.07) is 9.69. The first-order valence-corrected chi connectivity index (χ1v) is 14.2. The van der Waals surface area contributed by atoms with Crippen molar-refractivity contribution in [3.8, 4) is 11.3 Å². The standard InChI is InChI=1S/C23H24N8O4S2/c24-20-19-21(26-13-25-20)31(10-3-11-37(32,33)30-14-6-7-14)23(28-19)36-18-12-34-22(35-18)16-5-2-1-4-15(16)17-8-9-27-29-17/h1-2,4-5,8-9,12-14,22,30H,3,6-7,10-11H2,(H,27,29)(H2,24,25,26). The van der Waals surface area contributed by atoms with Gasteiger partial charge < -0.3 is 19.8 Å². The molecule has 37 heavy (non-hydrogen) atoms. The quantitative estimate of drug-likeness (QED) is 0.272. The number of ether oxygens (including phenoxy) is 2. The fourth-order valence-corrected chi connectivity index (χ4v) is 6.25. The van der Waals surface area contributed by atoms with Crippen molar-refractivity contribution in [2.75, 3.05) is 11.5 Å². The molecule has 12 nitrogen and oxygen atoms in total. The molecule has 0 spiro atoms. The lowest BCUT2D eigenvalue weighted by Crippen LogP contribution is -2.28. The first-order valence-electron chi connectivity index (χ1n) is 11.7. The predicted octanol–water partition coefficient (Wildman–Crippen LogP) is 2.91. The van der Waals surface area contributed by atoms with E-state index in [2.05, 4.69) is 29.9 Å². The summed E-state index contributed by atoms with van der Waals surface area (Å²) in [6.45, 7) is 0.375. The summed E-state index contributed by atoms with van der Waals surface area (Å²) in [7, 11) is -3.34. The number of hydrogen-bond acceptors (Lipinski definition) is 10. The van der Waals surface area contributed by atoms with Gasteiger partial charge >= 0.3 is 0 Å². The Balaban J connectivity index is 1.20. The number of benzene rings is 1. The molecule has 4 N–H and O–H groups in total. The highest BCUT2D eigenvalue weighted by Gasteiger charge is 2.29. The number of nitrogen functional groups attached to an aromatic ring is 1. The van der Waals surface area contributed by atoms with E-state index in [1.54, 1.807) is 12.5 Å². The van der Waals surface area contributed by atoms with Crippen LogP contribution in [0.25, 0.3) is 22.4 Å². The van der Waals surface area contributed by atoms with Crippen LogP contribution in [0.1, 0.15) is 31.1 Å². The Morgan fingerprint density at radius 3 is 2.89 bits per heavy atom. The molecular weight excluding hydrogens is 516 g/mol. The minimum Gasteiger partial charge on any atom is -0.454 e. The minimum absolute atomic E-state index is 0.00218. The van der Waals surface area contributed by atoms with Gasteiger partial charge in [-0.05, 0) is 37.1 Å². The van der Waals surface area contributed by atoms with E-state index in [-0.39, 0.29) is 17.6 Å². The third-order valence-corrected chi connectivity index (χ3v) is 8.34. The van der Waals surface area contributed by atoms with Gasteiger partial charge in [-0.1, -0.05) is 24.3 Å². The van der Waals surface area contributed by atoms with Crippen molar-refractivity contribution in [1.82, 2.24) is 34.4 Å². The highest BCUT2D eigenvalue weighted by molar-refractivity contribution is 8.02. The topological polar surface area (TPSA) is 163 Å². The molecule has 0 saturated heterocycles. The second kappa shape index (κ2) is 9.68. The molecule has 1 aliphatic carbocycles. The molecule has 3 aromatic heterocycles. The maximum absolute atomic E-state index is 12.3. The number of rotatable bonds is 10. The van der Waals surface area contributed by atoms with Crippen LogP contribution >= 0.6 is 11.8 Å². The van der Waals surface area contributed by atoms with Gasteiger partial charge in [0.05, 0.1) is 11.4 Å². The van der Waals surface area contributed by atoms with Crippen molar-refractivity contribution in [3.63, 3.8) is 0 Å². The predicted molar refractivity (Wildman–Crippen MR) is 137 cm³/mol. The number of aromatic nitrogens is 6. The highest BCUT2D eigenvalue weighted by Crippen LogP contribution is 2.40. The van der Waals surface area contributed by atoms with Crippen molar-refractivity contribution in [2.45, 2.75) is 43.3 Å². The van der Waals surface area contributed by atoms with Gasteiger partial charge in [0.25, 0.3) is 6.29 Å². The van der Waals surface area contributed by atoms with E-state index in [1.807, 2.05) is 34.9 Å². The molecule has 0 bridgehead atoms. The first-order chi connectivity index (χ1) is 18.0. The van der Waals surface area contributed by atoms with Crippen LogP contribution in [-0.4, -0.2) is 49.9 Å². The van der Waals surface area contributed by atoms with Gasteiger partial charge in [-0.3, -0.25) is 5.10 Å². The van der Waals surface area contributed by atoms with Crippen LogP contribution in [0, 0.1) is 0 Å². The number of aryl methyl sites for hydroxylation is 1. The zero-order valence-electron chi connectivity index (χ0n) is 19.6. The molecule has 1 aliphatic heterocycles. The molecule has 4 aromatic rings. The fourth-order valence-electron chi connectivity index (χ4n) is 4.04. The van der Waals surface area contributed by atoms with Crippen molar-refractivity contribution in [3.05, 3.63) is 59.8 Å². The summed E-state index contributed by atoms with van der Waals surface area (Å²) < 4.78 is 41.2. The summed E-state index contributed by atoms with van der Waals surface area (Å²) >= 11 is 1.25. The molecule has 1 atom stereocenters. The Morgan fingerprint density at radius 1 is 1.22 bits per heavy atom. The van der Waals surface area contributed by atoms with Crippen LogP contribution in [0.15, 0.2) is 59.4 Å². The van der Waals surface area contributed by atoms with Crippen LogP contribution < -0.4 is 10.5 Å². The summed E-state index contributed by atoms with van der Waals surface area (Å²) in [6.07, 6.45) is 6.18. The molecule has 14 heteroatoms. The normalized spacial score (nSPS) is 17.5. The summed E-state index contributed by atoms with van der Waals surface area (Å²) in [5.74, 6) is 0.249. The Morgan fingerprint density at radius 2 is 2.08 bits per heavy atom. The van der Waals surface area contributed by atoms with Crippen molar-refractivity contribution in [1.29, 1.82) is 0 Å². The Hall–Kier alpha value is -3.62. The molecule has 1 fully saturated rings. The van der Waals surface area contributed by atoms with Crippen LogP contribution in [0.2, 0.25) is 0 Å². The van der Waals surface area contributed by atoms with Gasteiger partial charge in [0.2, 0.25) is 15.1 Å². The lowest BCUT2D eigenvalue weighted by molar-refractivity contribution is -0.0269. The number of nitrogens with one attached hydrogen (secondary N) is 2. The average molecular weight is 541 g/mol. The fraction of sp³-hybridized carbons (Fsp3) is 0.304. The van der Waals surface area contributed by atoms with E-state index in [4.69, 9.17) is 15.2 Å². The summed E-state index contributed by atoms with van der Waals surface area (Å²) in [4.78, 5) is 13.0. The molecule has 4 heterocycles. The van der Waals surface area contributed by atoms with E-state index < -0.39 is 16.3 Å². The SMILES string of the molecule is Nc1ncnc2c1nc(SC1=COC(c3ccccc3-c3cc[nH]n3)O1)n2CCCS(=O)(=O)NC1CC1. The van der Waals surface area contributed by atoms with E-state index in [0.29, 0.717) is 34.4 Å². The molecule has 1 aromatic carbocycles. The maximum Gasteiger partial charge on any atom is 0.268 e. The summed E-state index contributed by atoms with van der Waals surface area (Å²) in [5.41, 5.74) is 9.53. The molecular formula is C23H24N8O4S2. The van der Waals surface area contributed by atoms with E-state index >= 15 is 0 Å². The second-order valence-electron chi connectivity index (χ2n) is 8.71. The zero-order valence-corrected chi connectivity index (χ0v) is 21.2. The molecule has 1 saturated carbocycles. The van der Waals surface area contributed by atoms with Crippen LogP contribution in [-0.2, 0) is 26.0 Å². The van der Waals surface area contributed by atoms with Gasteiger partial charge in [0, 0.05) is 29.9 Å². The number of anilines is 1. The van der Waals surface area contributed by atoms with E-state index in [1.165, 1.54) is 18.1 Å². The number of H-pyrrole nitrogens is 1. The third kappa shape index (κ3) is 5.12. The molecule has 6 rings (SSSR count). The van der Waals surface area contributed by atoms with Gasteiger partial charge in [-0.15, -0.1) is 0 Å². The number of aromatic amines is 1.